The minimum atomic E-state index is -0.736. The smallest absolute Gasteiger partial charge is 0.315 e. The Balaban J connectivity index is 2.55. The second kappa shape index (κ2) is 7.47. The molecule has 0 aliphatic heterocycles. The molecule has 2 atom stereocenters. The number of rotatable bonds is 6. The molecule has 0 heterocycles. The van der Waals surface area contributed by atoms with Crippen LogP contribution in [-0.2, 0) is 11.3 Å². The van der Waals surface area contributed by atoms with Crippen LogP contribution in [0.3, 0.4) is 0 Å². The van der Waals surface area contributed by atoms with Crippen molar-refractivity contribution in [2.24, 2.45) is 11.7 Å². The third kappa shape index (κ3) is 4.53. The lowest BCUT2D eigenvalue weighted by molar-refractivity contribution is -0.120. The Labute approximate surface area is 117 Å². The number of urea groups is 1. The van der Waals surface area contributed by atoms with E-state index in [9.17, 15) is 14.0 Å². The number of benzene rings is 1. The summed E-state index contributed by atoms with van der Waals surface area (Å²) >= 11 is 0. The van der Waals surface area contributed by atoms with Gasteiger partial charge in [0, 0.05) is 12.1 Å². The molecule has 1 unspecified atom stereocenters. The van der Waals surface area contributed by atoms with E-state index >= 15 is 0 Å². The van der Waals surface area contributed by atoms with E-state index in [2.05, 4.69) is 10.6 Å². The summed E-state index contributed by atoms with van der Waals surface area (Å²) in [5.74, 6) is -1.03. The van der Waals surface area contributed by atoms with Gasteiger partial charge < -0.3 is 16.4 Å². The molecule has 0 saturated heterocycles. The van der Waals surface area contributed by atoms with Crippen molar-refractivity contribution in [3.63, 3.8) is 0 Å². The van der Waals surface area contributed by atoms with Crippen molar-refractivity contribution in [1.82, 2.24) is 10.6 Å². The van der Waals surface area contributed by atoms with Crippen LogP contribution >= 0.6 is 0 Å². The van der Waals surface area contributed by atoms with Gasteiger partial charge in [-0.3, -0.25) is 4.79 Å². The van der Waals surface area contributed by atoms with E-state index in [1.165, 1.54) is 6.07 Å². The SMILES string of the molecule is CCC(C)[C@H](NC(=O)NCc1ccccc1F)C(N)=O. The van der Waals surface area contributed by atoms with E-state index < -0.39 is 18.0 Å². The first-order valence-electron chi connectivity index (χ1n) is 6.52. The number of nitrogens with one attached hydrogen (secondary N) is 2. The highest BCUT2D eigenvalue weighted by molar-refractivity contribution is 5.86. The van der Waals surface area contributed by atoms with E-state index in [1.807, 2.05) is 13.8 Å². The molecular weight excluding hydrogens is 261 g/mol. The molecule has 1 aromatic carbocycles. The van der Waals surface area contributed by atoms with Crippen molar-refractivity contribution in [3.8, 4) is 0 Å². The Hall–Kier alpha value is -2.11. The Morgan fingerprint density at radius 2 is 2.00 bits per heavy atom. The van der Waals surface area contributed by atoms with Gasteiger partial charge in [0.05, 0.1) is 0 Å². The van der Waals surface area contributed by atoms with Gasteiger partial charge in [-0.2, -0.15) is 0 Å². The van der Waals surface area contributed by atoms with E-state index in [1.54, 1.807) is 18.2 Å². The first kappa shape index (κ1) is 15.9. The van der Waals surface area contributed by atoms with Gasteiger partial charge in [0.1, 0.15) is 11.9 Å². The van der Waals surface area contributed by atoms with Gasteiger partial charge in [0.2, 0.25) is 5.91 Å². The van der Waals surface area contributed by atoms with Gasteiger partial charge in [-0.1, -0.05) is 38.5 Å². The predicted molar refractivity (Wildman–Crippen MR) is 74.2 cm³/mol. The third-order valence-electron chi connectivity index (χ3n) is 3.20. The van der Waals surface area contributed by atoms with Crippen molar-refractivity contribution >= 4 is 11.9 Å². The molecule has 4 N–H and O–H groups in total. The van der Waals surface area contributed by atoms with E-state index in [-0.39, 0.29) is 18.3 Å². The van der Waals surface area contributed by atoms with Crippen LogP contribution < -0.4 is 16.4 Å². The number of nitrogens with two attached hydrogens (primary N) is 1. The molecule has 110 valence electrons. The number of hydrogen-bond acceptors (Lipinski definition) is 2. The zero-order valence-corrected chi connectivity index (χ0v) is 11.7. The van der Waals surface area contributed by atoms with Crippen LogP contribution in [0.2, 0.25) is 0 Å². The fourth-order valence-corrected chi connectivity index (χ4v) is 1.74. The maximum Gasteiger partial charge on any atom is 0.315 e. The molecule has 0 aromatic heterocycles. The van der Waals surface area contributed by atoms with Crippen LogP contribution in [0.4, 0.5) is 9.18 Å². The molecule has 0 aliphatic carbocycles. The minimum Gasteiger partial charge on any atom is -0.368 e. The molecule has 5 nitrogen and oxygen atoms in total. The fraction of sp³-hybridized carbons (Fsp3) is 0.429. The highest BCUT2D eigenvalue weighted by Crippen LogP contribution is 2.08. The predicted octanol–water partition coefficient (Wildman–Crippen LogP) is 1.52. The zero-order valence-electron chi connectivity index (χ0n) is 11.7. The van der Waals surface area contributed by atoms with Crippen LogP contribution in [0.1, 0.15) is 25.8 Å². The molecule has 0 saturated carbocycles. The van der Waals surface area contributed by atoms with Crippen molar-refractivity contribution < 1.29 is 14.0 Å². The van der Waals surface area contributed by atoms with Gasteiger partial charge in [-0.05, 0) is 12.0 Å². The van der Waals surface area contributed by atoms with Gasteiger partial charge in [-0.15, -0.1) is 0 Å². The molecule has 0 spiro atoms. The summed E-state index contributed by atoms with van der Waals surface area (Å²) in [7, 11) is 0. The van der Waals surface area contributed by atoms with Crippen molar-refractivity contribution in [2.75, 3.05) is 0 Å². The molecule has 0 aliphatic rings. The van der Waals surface area contributed by atoms with E-state index in [4.69, 9.17) is 5.73 Å². The first-order chi connectivity index (χ1) is 9.45. The highest BCUT2D eigenvalue weighted by atomic mass is 19.1. The average molecular weight is 281 g/mol. The Kier molecular flexibility index (Phi) is 5.96. The molecular formula is C14H20FN3O2. The molecule has 1 aromatic rings. The first-order valence-corrected chi connectivity index (χ1v) is 6.52. The number of halogens is 1. The number of amides is 3. The lowest BCUT2D eigenvalue weighted by Crippen LogP contribution is -2.51. The summed E-state index contributed by atoms with van der Waals surface area (Å²) in [5, 5.41) is 5.02. The summed E-state index contributed by atoms with van der Waals surface area (Å²) in [6.07, 6.45) is 0.710. The molecule has 3 amide bonds. The van der Waals surface area contributed by atoms with Gasteiger partial charge in [0.15, 0.2) is 0 Å². The summed E-state index contributed by atoms with van der Waals surface area (Å²) in [6.45, 7) is 3.77. The van der Waals surface area contributed by atoms with Crippen LogP contribution in [0.25, 0.3) is 0 Å². The largest absolute Gasteiger partial charge is 0.368 e. The van der Waals surface area contributed by atoms with Crippen molar-refractivity contribution in [3.05, 3.63) is 35.6 Å². The quantitative estimate of drug-likeness (QED) is 0.738. The van der Waals surface area contributed by atoms with Crippen LogP contribution in [0.5, 0.6) is 0 Å². The van der Waals surface area contributed by atoms with E-state index in [0.29, 0.717) is 12.0 Å². The van der Waals surface area contributed by atoms with Crippen LogP contribution in [-0.4, -0.2) is 18.0 Å². The zero-order chi connectivity index (χ0) is 15.1. The van der Waals surface area contributed by atoms with Gasteiger partial charge in [0.25, 0.3) is 0 Å². The summed E-state index contributed by atoms with van der Waals surface area (Å²) in [5.41, 5.74) is 5.63. The van der Waals surface area contributed by atoms with Gasteiger partial charge >= 0.3 is 6.03 Å². The normalized spacial score (nSPS) is 13.3. The number of primary amides is 1. The minimum absolute atomic E-state index is 0.0461. The third-order valence-corrected chi connectivity index (χ3v) is 3.20. The van der Waals surface area contributed by atoms with Gasteiger partial charge in [-0.25, -0.2) is 9.18 Å². The molecule has 0 fully saturated rings. The second-order valence-corrected chi connectivity index (χ2v) is 4.68. The Bertz CT molecular complexity index is 479. The summed E-state index contributed by atoms with van der Waals surface area (Å²) < 4.78 is 13.4. The summed E-state index contributed by atoms with van der Waals surface area (Å²) in [4.78, 5) is 23.0. The highest BCUT2D eigenvalue weighted by Gasteiger charge is 2.23. The van der Waals surface area contributed by atoms with Crippen LogP contribution in [0, 0.1) is 11.7 Å². The van der Waals surface area contributed by atoms with Crippen molar-refractivity contribution in [2.45, 2.75) is 32.9 Å². The van der Waals surface area contributed by atoms with E-state index in [0.717, 1.165) is 0 Å². The molecule has 6 heteroatoms. The lowest BCUT2D eigenvalue weighted by Gasteiger charge is -2.21. The fourth-order valence-electron chi connectivity index (χ4n) is 1.74. The molecule has 1 rings (SSSR count). The standard InChI is InChI=1S/C14H20FN3O2/c1-3-9(2)12(13(16)19)18-14(20)17-8-10-6-4-5-7-11(10)15/h4-7,9,12H,3,8H2,1-2H3,(H2,16,19)(H2,17,18,20)/t9?,12-/m0/s1. The number of carbonyl (C=O) groups is 2. The average Bonchev–Trinajstić information content (AvgIpc) is 2.42. The number of hydrogen-bond donors (Lipinski definition) is 3. The molecule has 0 radical (unpaired) electrons. The lowest BCUT2D eigenvalue weighted by atomic mass is 9.99. The maximum absolute atomic E-state index is 13.4. The molecule has 20 heavy (non-hydrogen) atoms. The molecule has 0 bridgehead atoms. The monoisotopic (exact) mass is 281 g/mol. The topological polar surface area (TPSA) is 84.2 Å². The summed E-state index contributed by atoms with van der Waals surface area (Å²) in [6, 6.07) is 4.88. The Morgan fingerprint density at radius 1 is 1.35 bits per heavy atom. The van der Waals surface area contributed by atoms with Crippen molar-refractivity contribution in [1.29, 1.82) is 0 Å². The van der Waals surface area contributed by atoms with Crippen LogP contribution in [0.15, 0.2) is 24.3 Å². The maximum atomic E-state index is 13.4. The number of carbonyl (C=O) groups excluding carboxylic acids is 2. The second-order valence-electron chi connectivity index (χ2n) is 4.68. The Morgan fingerprint density at radius 3 is 2.55 bits per heavy atom.